The van der Waals surface area contributed by atoms with Crippen LogP contribution in [-0.2, 0) is 32.7 Å². The van der Waals surface area contributed by atoms with E-state index in [1.54, 1.807) is 0 Å². The number of allylic oxidation sites excluding steroid dienone is 12. The lowest BCUT2D eigenvalue weighted by atomic mass is 10.0. The third-order valence-corrected chi connectivity index (χ3v) is 10.7. The number of carbonyl (C=O) groups is 2. The van der Waals surface area contributed by atoms with Crippen LogP contribution in [0.1, 0.15) is 181 Å². The Morgan fingerprint density at radius 1 is 0.533 bits per heavy atom. The largest absolute Gasteiger partial charge is 0.472 e. The first-order valence-corrected chi connectivity index (χ1v) is 25.2. The normalized spacial score (nSPS) is 14.2. The molecule has 346 valence electrons. The molecule has 10 heteroatoms. The summed E-state index contributed by atoms with van der Waals surface area (Å²) in [6.45, 7) is 4.26. The van der Waals surface area contributed by atoms with E-state index in [-0.39, 0.29) is 32.0 Å². The Kier molecular flexibility index (Phi) is 40.0. The lowest BCUT2D eigenvalue weighted by Crippen LogP contribution is -2.37. The summed E-state index contributed by atoms with van der Waals surface area (Å²) in [5, 5.41) is 0. The van der Waals surface area contributed by atoms with Crippen LogP contribution >= 0.6 is 7.82 Å². The van der Waals surface area contributed by atoms with Crippen LogP contribution in [0.3, 0.4) is 0 Å². The second-order valence-corrected chi connectivity index (χ2v) is 18.2. The fourth-order valence-electron chi connectivity index (χ4n) is 6.08. The minimum absolute atomic E-state index is 0.0206. The van der Waals surface area contributed by atoms with Crippen LogP contribution < -0.4 is 0 Å². The Labute approximate surface area is 368 Å². The van der Waals surface area contributed by atoms with Gasteiger partial charge < -0.3 is 18.9 Å². The van der Waals surface area contributed by atoms with Crippen molar-refractivity contribution in [1.29, 1.82) is 0 Å². The summed E-state index contributed by atoms with van der Waals surface area (Å²) in [6.07, 6.45) is 52.4. The van der Waals surface area contributed by atoms with E-state index in [1.807, 2.05) is 21.1 Å². The highest BCUT2D eigenvalue weighted by Crippen LogP contribution is 2.43. The van der Waals surface area contributed by atoms with Gasteiger partial charge in [-0.15, -0.1) is 0 Å². The molecule has 0 bridgehead atoms. The van der Waals surface area contributed by atoms with Crippen molar-refractivity contribution in [1.82, 2.24) is 0 Å². The molecular formula is C50H89NO8P+. The Hall–Kier alpha value is -2.55. The van der Waals surface area contributed by atoms with E-state index in [1.165, 1.54) is 77.0 Å². The number of phosphoric ester groups is 1. The Morgan fingerprint density at radius 2 is 0.950 bits per heavy atom. The molecule has 0 fully saturated rings. The molecule has 9 nitrogen and oxygen atoms in total. The summed E-state index contributed by atoms with van der Waals surface area (Å²) in [5.41, 5.74) is 0. The molecule has 0 aliphatic heterocycles. The smallest absolute Gasteiger partial charge is 0.462 e. The zero-order valence-corrected chi connectivity index (χ0v) is 39.8. The first-order valence-electron chi connectivity index (χ1n) is 23.7. The van der Waals surface area contributed by atoms with Crippen LogP contribution in [0.15, 0.2) is 72.9 Å². The number of nitrogens with zero attached hydrogens (tertiary/aromatic N) is 1. The number of phosphoric acid groups is 1. The molecule has 0 aromatic carbocycles. The molecule has 0 saturated carbocycles. The third kappa shape index (κ3) is 45.0. The molecule has 0 radical (unpaired) electrons. The van der Waals surface area contributed by atoms with Crippen LogP contribution in [0.2, 0.25) is 0 Å². The quantitative estimate of drug-likeness (QED) is 0.0212. The number of ether oxygens (including phenoxy) is 2. The molecule has 0 saturated heterocycles. The van der Waals surface area contributed by atoms with Gasteiger partial charge in [0.25, 0.3) is 0 Å². The average Bonchev–Trinajstić information content (AvgIpc) is 3.20. The highest BCUT2D eigenvalue weighted by atomic mass is 31.2. The van der Waals surface area contributed by atoms with Gasteiger partial charge in [0.1, 0.15) is 19.8 Å². The molecule has 0 aliphatic carbocycles. The van der Waals surface area contributed by atoms with Crippen molar-refractivity contribution in [3.63, 3.8) is 0 Å². The van der Waals surface area contributed by atoms with Gasteiger partial charge in [-0.25, -0.2) is 4.57 Å². The predicted octanol–water partition coefficient (Wildman–Crippen LogP) is 13.8. The monoisotopic (exact) mass is 863 g/mol. The van der Waals surface area contributed by atoms with Crippen LogP contribution in [0.25, 0.3) is 0 Å². The summed E-state index contributed by atoms with van der Waals surface area (Å²) in [5.74, 6) is -0.850. The predicted molar refractivity (Wildman–Crippen MR) is 252 cm³/mol. The van der Waals surface area contributed by atoms with E-state index in [4.69, 9.17) is 18.5 Å². The second-order valence-electron chi connectivity index (χ2n) is 16.8. The van der Waals surface area contributed by atoms with E-state index in [2.05, 4.69) is 86.8 Å². The number of rotatable bonds is 42. The first-order chi connectivity index (χ1) is 29.0. The summed E-state index contributed by atoms with van der Waals surface area (Å²) < 4.78 is 34.3. The molecule has 0 aromatic heterocycles. The molecule has 0 aromatic rings. The van der Waals surface area contributed by atoms with Crippen molar-refractivity contribution in [2.24, 2.45) is 0 Å². The van der Waals surface area contributed by atoms with E-state index in [9.17, 15) is 19.0 Å². The summed E-state index contributed by atoms with van der Waals surface area (Å²) in [6, 6.07) is 0. The maximum absolute atomic E-state index is 12.7. The van der Waals surface area contributed by atoms with Gasteiger partial charge in [0.2, 0.25) is 0 Å². The van der Waals surface area contributed by atoms with E-state index < -0.39 is 26.5 Å². The van der Waals surface area contributed by atoms with Crippen molar-refractivity contribution in [3.8, 4) is 0 Å². The van der Waals surface area contributed by atoms with Gasteiger partial charge in [-0.05, 0) is 64.2 Å². The van der Waals surface area contributed by atoms with Crippen LogP contribution in [0.4, 0.5) is 0 Å². The number of esters is 2. The number of quaternary nitrogens is 1. The van der Waals surface area contributed by atoms with Crippen LogP contribution in [0, 0.1) is 0 Å². The molecule has 60 heavy (non-hydrogen) atoms. The summed E-state index contributed by atoms with van der Waals surface area (Å²) in [4.78, 5) is 35.4. The molecule has 2 unspecified atom stereocenters. The van der Waals surface area contributed by atoms with Gasteiger partial charge in [-0.1, -0.05) is 177 Å². The average molecular weight is 863 g/mol. The number of hydrogen-bond donors (Lipinski definition) is 1. The van der Waals surface area contributed by atoms with Gasteiger partial charge in [0, 0.05) is 12.8 Å². The first kappa shape index (κ1) is 57.4. The molecule has 2 atom stereocenters. The van der Waals surface area contributed by atoms with E-state index in [0.717, 1.165) is 70.6 Å². The molecule has 0 amide bonds. The van der Waals surface area contributed by atoms with E-state index in [0.29, 0.717) is 17.4 Å². The van der Waals surface area contributed by atoms with Crippen molar-refractivity contribution in [3.05, 3.63) is 72.9 Å². The van der Waals surface area contributed by atoms with Gasteiger partial charge in [0.05, 0.1) is 27.7 Å². The van der Waals surface area contributed by atoms with Crippen LogP contribution in [-0.4, -0.2) is 74.9 Å². The topological polar surface area (TPSA) is 108 Å². The summed E-state index contributed by atoms with van der Waals surface area (Å²) in [7, 11) is 1.44. The van der Waals surface area contributed by atoms with Crippen LogP contribution in [0.5, 0.6) is 0 Å². The minimum Gasteiger partial charge on any atom is -0.462 e. The number of unbranched alkanes of at least 4 members (excludes halogenated alkanes) is 16. The maximum Gasteiger partial charge on any atom is 0.472 e. The zero-order valence-electron chi connectivity index (χ0n) is 38.9. The standard InChI is InChI=1S/C50H88NO8P/c1-6-8-10-12-14-16-18-20-22-23-24-25-26-27-29-31-33-35-37-39-41-43-50(53)59-48(47-58-60(54,55)57-45-44-51(3,4)5)46-56-49(52)42-40-38-36-34-32-30-28-21-19-17-15-13-11-9-7-2/h8,10,14,16,20,22,24-25,27,29,33,35,48H,6-7,9,11-13,15,17-19,21,23,26,28,30-32,34,36-47H2,1-5H3/p+1/b10-8-,16-14-,22-20-,25-24-,29-27-,35-33-. The van der Waals surface area contributed by atoms with Crippen molar-refractivity contribution < 1.29 is 42.1 Å². The fourth-order valence-corrected chi connectivity index (χ4v) is 6.82. The van der Waals surface area contributed by atoms with Gasteiger partial charge in [0.15, 0.2) is 6.10 Å². The SMILES string of the molecule is CC/C=C\C/C=C\C/C=C\C/C=C\C/C=C\C/C=C\CCCCC(=O)OC(COC(=O)CCCCCCCCCCCCCCCCC)COP(=O)(O)OCC[N+](C)(C)C. The number of hydrogen-bond acceptors (Lipinski definition) is 7. The molecular weight excluding hydrogens is 774 g/mol. The van der Waals surface area contributed by atoms with E-state index >= 15 is 0 Å². The Bertz CT molecular complexity index is 1250. The summed E-state index contributed by atoms with van der Waals surface area (Å²) >= 11 is 0. The lowest BCUT2D eigenvalue weighted by molar-refractivity contribution is -0.870. The molecule has 0 heterocycles. The second kappa shape index (κ2) is 41.8. The number of carbonyl (C=O) groups excluding carboxylic acids is 2. The molecule has 0 aliphatic rings. The van der Waals surface area contributed by atoms with Crippen molar-refractivity contribution in [2.75, 3.05) is 47.5 Å². The lowest BCUT2D eigenvalue weighted by Gasteiger charge is -2.24. The molecule has 1 N–H and O–H groups in total. The van der Waals surface area contributed by atoms with Crippen molar-refractivity contribution >= 4 is 19.8 Å². The minimum atomic E-state index is -4.39. The van der Waals surface area contributed by atoms with Gasteiger partial charge in [-0.2, -0.15) is 0 Å². The Balaban J connectivity index is 4.41. The van der Waals surface area contributed by atoms with Gasteiger partial charge >= 0.3 is 19.8 Å². The molecule has 0 spiro atoms. The zero-order chi connectivity index (χ0) is 44.3. The third-order valence-electron chi connectivity index (χ3n) is 9.75. The highest BCUT2D eigenvalue weighted by Gasteiger charge is 2.27. The van der Waals surface area contributed by atoms with Crippen molar-refractivity contribution in [2.45, 2.75) is 187 Å². The van der Waals surface area contributed by atoms with Gasteiger partial charge in [-0.3, -0.25) is 18.6 Å². The molecule has 0 rings (SSSR count). The highest BCUT2D eigenvalue weighted by molar-refractivity contribution is 7.47. The maximum atomic E-state index is 12.7. The number of likely N-dealkylation sites (N-methyl/N-ethyl adjacent to an activating group) is 1. The Morgan fingerprint density at radius 3 is 1.42 bits per heavy atom. The fraction of sp³-hybridized carbons (Fsp3) is 0.720.